The van der Waals surface area contributed by atoms with Crippen LogP contribution in [-0.2, 0) is 11.0 Å². The van der Waals surface area contributed by atoms with Crippen molar-refractivity contribution in [3.05, 3.63) is 23.1 Å². The van der Waals surface area contributed by atoms with Gasteiger partial charge in [-0.3, -0.25) is 0 Å². The fourth-order valence-electron chi connectivity index (χ4n) is 0.711. The maximum atomic E-state index is 10.9. The van der Waals surface area contributed by atoms with Crippen molar-refractivity contribution in [1.82, 2.24) is 4.72 Å². The van der Waals surface area contributed by atoms with Gasteiger partial charge >= 0.3 is 0 Å². The smallest absolute Gasteiger partial charge is 0.114 e. The second-order valence-corrected chi connectivity index (χ2v) is 4.01. The Morgan fingerprint density at radius 3 is 2.13 bits per heavy atom. The Morgan fingerprint density at radius 2 is 1.87 bits per heavy atom. The molecule has 0 heterocycles. The zero-order chi connectivity index (χ0) is 12.4. The molecule has 0 amide bonds. The number of aliphatic hydroxyl groups excluding tert-OH is 1. The molecule has 0 saturated heterocycles. The van der Waals surface area contributed by atoms with Crippen LogP contribution >= 0.6 is 0 Å². The van der Waals surface area contributed by atoms with Gasteiger partial charge in [0.15, 0.2) is 0 Å². The molecule has 0 aliphatic carbocycles. The Kier molecular flexibility index (Phi) is 10.8. The van der Waals surface area contributed by atoms with Gasteiger partial charge in [-0.25, -0.2) is 4.21 Å². The fraction of sp³-hybridized carbons (Fsp3) is 0.636. The normalized spacial score (nSPS) is 14.7. The van der Waals surface area contributed by atoms with Crippen molar-refractivity contribution < 1.29 is 9.32 Å². The van der Waals surface area contributed by atoms with Gasteiger partial charge in [-0.15, -0.1) is 0 Å². The lowest BCUT2D eigenvalue weighted by atomic mass is 10.2. The summed E-state index contributed by atoms with van der Waals surface area (Å²) in [6.07, 6.45) is 4.24. The van der Waals surface area contributed by atoms with E-state index < -0.39 is 11.0 Å². The van der Waals surface area contributed by atoms with Gasteiger partial charge in [0.2, 0.25) is 0 Å². The summed E-state index contributed by atoms with van der Waals surface area (Å²) in [6.45, 7) is 9.55. The third kappa shape index (κ3) is 9.53. The molecule has 15 heavy (non-hydrogen) atoms. The molecule has 0 aromatic heterocycles. The number of aliphatic hydroxyl groups is 1. The van der Waals surface area contributed by atoms with Gasteiger partial charge in [0, 0.05) is 6.26 Å². The summed E-state index contributed by atoms with van der Waals surface area (Å²) in [6, 6.07) is 0. The minimum atomic E-state index is -1.15. The highest BCUT2D eigenvalue weighted by atomic mass is 32.2. The van der Waals surface area contributed by atoms with E-state index in [-0.39, 0.29) is 5.76 Å². The molecule has 0 aliphatic rings. The van der Waals surface area contributed by atoms with Crippen LogP contribution < -0.4 is 4.72 Å². The average molecular weight is 233 g/mol. The van der Waals surface area contributed by atoms with E-state index in [9.17, 15) is 9.32 Å². The summed E-state index contributed by atoms with van der Waals surface area (Å²) in [4.78, 5) is 0. The molecule has 0 fully saturated rings. The van der Waals surface area contributed by atoms with Crippen molar-refractivity contribution in [3.63, 3.8) is 0 Å². The lowest BCUT2D eigenvalue weighted by Crippen LogP contribution is -2.15. The van der Waals surface area contributed by atoms with Gasteiger partial charge in [-0.05, 0) is 26.3 Å². The maximum absolute atomic E-state index is 10.9. The maximum Gasteiger partial charge on any atom is 0.114 e. The van der Waals surface area contributed by atoms with E-state index >= 15 is 0 Å². The van der Waals surface area contributed by atoms with Gasteiger partial charge in [0.05, 0.1) is 5.70 Å². The van der Waals surface area contributed by atoms with Crippen LogP contribution in [0.5, 0.6) is 0 Å². The van der Waals surface area contributed by atoms with Crippen LogP contribution in [0.1, 0.15) is 41.0 Å². The van der Waals surface area contributed by atoms with Crippen LogP contribution in [-0.4, -0.2) is 15.6 Å². The third-order valence-corrected chi connectivity index (χ3v) is 2.10. The quantitative estimate of drug-likeness (QED) is 0.579. The summed E-state index contributed by atoms with van der Waals surface area (Å²) in [5.41, 5.74) is 1.65. The molecule has 0 aromatic carbocycles. The molecule has 4 heteroatoms. The first-order valence-electron chi connectivity index (χ1n) is 5.14. The molecule has 3 nitrogen and oxygen atoms in total. The van der Waals surface area contributed by atoms with Crippen LogP contribution in [0.25, 0.3) is 0 Å². The van der Waals surface area contributed by atoms with Crippen molar-refractivity contribution >= 4 is 11.0 Å². The SMILES string of the molecule is CC.CC/C(C)=C\C(NS(C)=O)=C(/C)O. The summed E-state index contributed by atoms with van der Waals surface area (Å²) >= 11 is 0. The Hall–Kier alpha value is -0.770. The number of hydrogen-bond donors (Lipinski definition) is 2. The topological polar surface area (TPSA) is 49.3 Å². The Labute approximate surface area is 95.9 Å². The van der Waals surface area contributed by atoms with Gasteiger partial charge < -0.3 is 9.83 Å². The molecule has 0 rings (SSSR count). The highest BCUT2D eigenvalue weighted by molar-refractivity contribution is 7.82. The minimum Gasteiger partial charge on any atom is -0.510 e. The molecule has 0 radical (unpaired) electrons. The van der Waals surface area contributed by atoms with Crippen LogP contribution in [0.15, 0.2) is 23.1 Å². The van der Waals surface area contributed by atoms with Crippen LogP contribution in [0.3, 0.4) is 0 Å². The van der Waals surface area contributed by atoms with Gasteiger partial charge in [0.25, 0.3) is 0 Å². The van der Waals surface area contributed by atoms with Crippen molar-refractivity contribution in [2.24, 2.45) is 0 Å². The number of allylic oxidation sites excluding steroid dienone is 3. The van der Waals surface area contributed by atoms with Crippen LogP contribution in [0, 0.1) is 0 Å². The highest BCUT2D eigenvalue weighted by Gasteiger charge is 1.99. The van der Waals surface area contributed by atoms with Crippen molar-refractivity contribution in [2.45, 2.75) is 41.0 Å². The molecule has 90 valence electrons. The van der Waals surface area contributed by atoms with E-state index in [2.05, 4.69) is 4.72 Å². The predicted octanol–water partition coefficient (Wildman–Crippen LogP) is 3.04. The lowest BCUT2D eigenvalue weighted by Gasteiger charge is -2.06. The fourth-order valence-corrected chi connectivity index (χ4v) is 1.23. The molecule has 0 saturated carbocycles. The van der Waals surface area contributed by atoms with Gasteiger partial charge in [-0.2, -0.15) is 0 Å². The van der Waals surface area contributed by atoms with E-state index in [0.29, 0.717) is 5.70 Å². The molecule has 1 atom stereocenters. The van der Waals surface area contributed by atoms with Crippen molar-refractivity contribution in [2.75, 3.05) is 6.26 Å². The van der Waals surface area contributed by atoms with E-state index in [4.69, 9.17) is 0 Å². The summed E-state index contributed by atoms with van der Waals surface area (Å²) in [5.74, 6) is 0.156. The monoisotopic (exact) mass is 233 g/mol. The average Bonchev–Trinajstić information content (AvgIpc) is 2.18. The van der Waals surface area contributed by atoms with Crippen LogP contribution in [0.4, 0.5) is 0 Å². The number of rotatable bonds is 4. The Bertz CT molecular complexity index is 253. The predicted molar refractivity (Wildman–Crippen MR) is 67.9 cm³/mol. The summed E-state index contributed by atoms with van der Waals surface area (Å²) in [7, 11) is -1.15. The molecule has 2 N–H and O–H groups in total. The molecule has 0 bridgehead atoms. The van der Waals surface area contributed by atoms with E-state index in [1.54, 1.807) is 13.0 Å². The number of nitrogens with one attached hydrogen (secondary N) is 1. The third-order valence-electron chi connectivity index (χ3n) is 1.59. The Morgan fingerprint density at radius 1 is 1.40 bits per heavy atom. The first kappa shape index (κ1) is 16.7. The van der Waals surface area contributed by atoms with E-state index in [1.807, 2.05) is 27.7 Å². The Balaban J connectivity index is 0. The molecular formula is C11H23NO2S. The lowest BCUT2D eigenvalue weighted by molar-refractivity contribution is 0.407. The molecule has 1 unspecified atom stereocenters. The summed E-state index contributed by atoms with van der Waals surface area (Å²) in [5, 5.41) is 9.24. The van der Waals surface area contributed by atoms with Gasteiger partial charge in [0.1, 0.15) is 16.7 Å². The van der Waals surface area contributed by atoms with E-state index in [1.165, 1.54) is 6.26 Å². The molecular weight excluding hydrogens is 210 g/mol. The van der Waals surface area contributed by atoms with Crippen molar-refractivity contribution in [1.29, 1.82) is 0 Å². The second-order valence-electron chi connectivity index (χ2n) is 2.90. The van der Waals surface area contributed by atoms with Gasteiger partial charge in [-0.1, -0.05) is 26.3 Å². The zero-order valence-corrected chi connectivity index (χ0v) is 11.4. The molecule has 0 spiro atoms. The van der Waals surface area contributed by atoms with E-state index in [0.717, 1.165) is 12.0 Å². The minimum absolute atomic E-state index is 0.156. The standard InChI is InChI=1S/C9H17NO2S.C2H6/c1-5-7(2)6-9(8(3)11)10-13(4)12;1-2/h6,10-11H,5H2,1-4H3;1-2H3/b7-6-,9-8-;. The first-order valence-corrected chi connectivity index (χ1v) is 6.70. The summed E-state index contributed by atoms with van der Waals surface area (Å²) < 4.78 is 13.5. The largest absolute Gasteiger partial charge is 0.510 e. The highest BCUT2D eigenvalue weighted by Crippen LogP contribution is 2.06. The van der Waals surface area contributed by atoms with Crippen molar-refractivity contribution in [3.8, 4) is 0 Å². The molecule has 0 aliphatic heterocycles. The first-order chi connectivity index (χ1) is 6.97. The zero-order valence-electron chi connectivity index (χ0n) is 10.5. The molecule has 0 aromatic rings. The number of hydrogen-bond acceptors (Lipinski definition) is 2. The van der Waals surface area contributed by atoms with Crippen LogP contribution in [0.2, 0.25) is 0 Å². The second kappa shape index (κ2) is 9.77.